The molecule has 1 aromatic carbocycles. The van der Waals surface area contributed by atoms with Gasteiger partial charge in [0.2, 0.25) is 5.91 Å². The maximum atomic E-state index is 12.5. The van der Waals surface area contributed by atoms with Crippen LogP contribution in [0.2, 0.25) is 0 Å². The minimum Gasteiger partial charge on any atom is -0.451 e. The number of thiazole rings is 1. The number of para-hydroxylation sites is 1. The zero-order valence-electron chi connectivity index (χ0n) is 18.6. The van der Waals surface area contributed by atoms with E-state index in [-0.39, 0.29) is 30.7 Å². The van der Waals surface area contributed by atoms with Crippen LogP contribution in [0, 0.1) is 13.8 Å². The first-order valence-electron chi connectivity index (χ1n) is 10.3. The van der Waals surface area contributed by atoms with Crippen molar-refractivity contribution in [2.75, 3.05) is 51.8 Å². The lowest BCUT2D eigenvalue weighted by Gasteiger charge is -2.34. The smallest absolute Gasteiger partial charge is 0.358 e. The highest BCUT2D eigenvalue weighted by atomic mass is 32.1. The van der Waals surface area contributed by atoms with Gasteiger partial charge in [-0.25, -0.2) is 9.78 Å². The average Bonchev–Trinajstić information content (AvgIpc) is 3.24. The zero-order valence-corrected chi connectivity index (χ0v) is 19.4. The summed E-state index contributed by atoms with van der Waals surface area (Å²) in [6.07, 6.45) is 0. The van der Waals surface area contributed by atoms with E-state index in [1.807, 2.05) is 36.9 Å². The molecule has 0 atom stereocenters. The van der Waals surface area contributed by atoms with Gasteiger partial charge in [-0.15, -0.1) is 11.3 Å². The summed E-state index contributed by atoms with van der Waals surface area (Å²) in [7, 11) is 1.55. The second-order valence-corrected chi connectivity index (χ2v) is 8.55. The molecule has 0 aliphatic carbocycles. The van der Waals surface area contributed by atoms with Crippen LogP contribution in [0.1, 0.15) is 26.6 Å². The largest absolute Gasteiger partial charge is 0.451 e. The fourth-order valence-electron chi connectivity index (χ4n) is 3.44. The first kappa shape index (κ1) is 23.8. The van der Waals surface area contributed by atoms with E-state index >= 15 is 0 Å². The minimum absolute atomic E-state index is 0.0767. The lowest BCUT2D eigenvalue weighted by molar-refractivity contribution is -0.136. The van der Waals surface area contributed by atoms with Crippen molar-refractivity contribution in [2.45, 2.75) is 20.5 Å². The number of benzene rings is 1. The Hall–Kier alpha value is -2.82. The summed E-state index contributed by atoms with van der Waals surface area (Å²) in [5.41, 5.74) is 3.07. The Labute approximate surface area is 191 Å². The zero-order chi connectivity index (χ0) is 23.1. The number of nitrogens with one attached hydrogen (secondary N) is 1. The number of esters is 1. The Morgan fingerprint density at radius 2 is 1.81 bits per heavy atom. The molecule has 0 radical (unpaired) electrons. The van der Waals surface area contributed by atoms with E-state index in [1.165, 1.54) is 11.3 Å². The molecule has 2 aromatic rings. The third-order valence-electron chi connectivity index (χ3n) is 5.19. The molecule has 1 aliphatic heterocycles. The van der Waals surface area contributed by atoms with Crippen molar-refractivity contribution in [1.82, 2.24) is 14.8 Å². The van der Waals surface area contributed by atoms with Gasteiger partial charge in [-0.1, -0.05) is 18.2 Å². The number of anilines is 1. The Morgan fingerprint density at radius 3 is 2.47 bits per heavy atom. The number of carbonyl (C=O) groups is 3. The van der Waals surface area contributed by atoms with Crippen molar-refractivity contribution >= 4 is 34.8 Å². The number of carbonyl (C=O) groups excluding carboxylic acids is 3. The number of piperazine rings is 1. The summed E-state index contributed by atoms with van der Waals surface area (Å²) in [6.45, 7) is 6.28. The van der Waals surface area contributed by atoms with Crippen LogP contribution in [0.25, 0.3) is 0 Å². The van der Waals surface area contributed by atoms with Gasteiger partial charge in [-0.3, -0.25) is 14.5 Å². The molecule has 0 bridgehead atoms. The second-order valence-electron chi connectivity index (χ2n) is 7.61. The molecule has 0 unspecified atom stereocenters. The Morgan fingerprint density at radius 1 is 1.12 bits per heavy atom. The van der Waals surface area contributed by atoms with E-state index in [9.17, 15) is 14.4 Å². The molecular formula is C22H28N4O5S. The van der Waals surface area contributed by atoms with Gasteiger partial charge in [0, 0.05) is 44.4 Å². The van der Waals surface area contributed by atoms with Gasteiger partial charge in [0.15, 0.2) is 12.3 Å². The Kier molecular flexibility index (Phi) is 8.32. The van der Waals surface area contributed by atoms with Gasteiger partial charge in [0.25, 0.3) is 5.91 Å². The van der Waals surface area contributed by atoms with Crippen molar-refractivity contribution in [1.29, 1.82) is 0 Å². The Bertz CT molecular complexity index is 949. The third kappa shape index (κ3) is 6.35. The summed E-state index contributed by atoms with van der Waals surface area (Å²) in [6, 6.07) is 5.89. The highest BCUT2D eigenvalue weighted by molar-refractivity contribution is 7.09. The number of nitrogens with zero attached hydrogens (tertiary/aromatic N) is 3. The summed E-state index contributed by atoms with van der Waals surface area (Å²) < 4.78 is 10.1. The molecule has 1 aromatic heterocycles. The van der Waals surface area contributed by atoms with Crippen LogP contribution in [-0.4, -0.2) is 79.0 Å². The van der Waals surface area contributed by atoms with Crippen molar-refractivity contribution in [2.24, 2.45) is 0 Å². The molecule has 2 amide bonds. The molecular weight excluding hydrogens is 432 g/mol. The molecule has 3 rings (SSSR count). The van der Waals surface area contributed by atoms with E-state index in [4.69, 9.17) is 9.47 Å². The molecule has 1 aliphatic rings. The molecule has 0 spiro atoms. The van der Waals surface area contributed by atoms with Gasteiger partial charge in [-0.2, -0.15) is 0 Å². The topological polar surface area (TPSA) is 101 Å². The lowest BCUT2D eigenvalue weighted by atomic mass is 10.1. The van der Waals surface area contributed by atoms with Crippen LogP contribution in [0.15, 0.2) is 23.6 Å². The van der Waals surface area contributed by atoms with Gasteiger partial charge in [-0.05, 0) is 25.0 Å². The lowest BCUT2D eigenvalue weighted by Crippen LogP contribution is -2.51. The fourth-order valence-corrected chi connectivity index (χ4v) is 4.17. The van der Waals surface area contributed by atoms with Crippen molar-refractivity contribution in [3.05, 3.63) is 45.4 Å². The van der Waals surface area contributed by atoms with E-state index in [0.29, 0.717) is 37.8 Å². The standard InChI is InChI=1S/C22H28N4O5S/c1-15-5-4-6-16(2)21(15)24-18(27)11-25-7-9-26(10-8-25)20(28)13-31-22(29)17-14-32-19(23-17)12-30-3/h4-6,14H,7-13H2,1-3H3,(H,24,27). The minimum atomic E-state index is -0.626. The number of aromatic nitrogens is 1. The maximum absolute atomic E-state index is 12.5. The molecule has 1 saturated heterocycles. The fraction of sp³-hybridized carbons (Fsp3) is 0.455. The predicted octanol–water partition coefficient (Wildman–Crippen LogP) is 1.85. The number of methoxy groups -OCH3 is 1. The quantitative estimate of drug-likeness (QED) is 0.600. The van der Waals surface area contributed by atoms with Gasteiger partial charge < -0.3 is 19.7 Å². The van der Waals surface area contributed by atoms with Crippen LogP contribution < -0.4 is 5.32 Å². The predicted molar refractivity (Wildman–Crippen MR) is 121 cm³/mol. The molecule has 9 nitrogen and oxygen atoms in total. The molecule has 2 heterocycles. The number of aryl methyl sites for hydroxylation is 2. The summed E-state index contributed by atoms with van der Waals surface area (Å²) >= 11 is 1.30. The van der Waals surface area contributed by atoms with Crippen LogP contribution in [0.3, 0.4) is 0 Å². The van der Waals surface area contributed by atoms with Crippen molar-refractivity contribution in [3.8, 4) is 0 Å². The van der Waals surface area contributed by atoms with E-state index < -0.39 is 5.97 Å². The maximum Gasteiger partial charge on any atom is 0.358 e. The first-order valence-corrected chi connectivity index (χ1v) is 11.2. The van der Waals surface area contributed by atoms with Crippen molar-refractivity contribution in [3.63, 3.8) is 0 Å². The van der Waals surface area contributed by atoms with Crippen LogP contribution in [0.4, 0.5) is 5.69 Å². The van der Waals surface area contributed by atoms with Crippen molar-refractivity contribution < 1.29 is 23.9 Å². The molecule has 0 saturated carbocycles. The highest BCUT2D eigenvalue weighted by Gasteiger charge is 2.24. The summed E-state index contributed by atoms with van der Waals surface area (Å²) in [4.78, 5) is 44.7. The van der Waals surface area contributed by atoms with Crippen LogP contribution in [-0.2, 0) is 25.7 Å². The normalized spacial score (nSPS) is 14.3. The highest BCUT2D eigenvalue weighted by Crippen LogP contribution is 2.19. The third-order valence-corrected chi connectivity index (χ3v) is 6.02. The summed E-state index contributed by atoms with van der Waals surface area (Å²) in [5.74, 6) is -0.962. The number of hydrogen-bond donors (Lipinski definition) is 1. The number of hydrogen-bond acceptors (Lipinski definition) is 8. The second kappa shape index (κ2) is 11.2. The van der Waals surface area contributed by atoms with Gasteiger partial charge in [0.05, 0.1) is 13.2 Å². The average molecular weight is 461 g/mol. The van der Waals surface area contributed by atoms with Crippen LogP contribution in [0.5, 0.6) is 0 Å². The number of rotatable bonds is 8. The molecule has 172 valence electrons. The van der Waals surface area contributed by atoms with E-state index in [1.54, 1.807) is 17.4 Å². The number of amides is 2. The van der Waals surface area contributed by atoms with E-state index in [0.717, 1.165) is 16.8 Å². The summed E-state index contributed by atoms with van der Waals surface area (Å²) in [5, 5.41) is 5.24. The SMILES string of the molecule is COCc1nc(C(=O)OCC(=O)N2CCN(CC(=O)Nc3c(C)cccc3C)CC2)cs1. The first-order chi connectivity index (χ1) is 15.4. The molecule has 10 heteroatoms. The van der Waals surface area contributed by atoms with Gasteiger partial charge in [0.1, 0.15) is 5.01 Å². The van der Waals surface area contributed by atoms with E-state index in [2.05, 4.69) is 10.3 Å². The monoisotopic (exact) mass is 460 g/mol. The number of ether oxygens (including phenoxy) is 2. The molecule has 1 fully saturated rings. The molecule has 32 heavy (non-hydrogen) atoms. The molecule has 1 N–H and O–H groups in total. The Balaban J connectivity index is 1.40. The van der Waals surface area contributed by atoms with Crippen LogP contribution >= 0.6 is 11.3 Å². The van der Waals surface area contributed by atoms with Gasteiger partial charge >= 0.3 is 5.97 Å².